The average molecular weight is 258 g/mol. The van der Waals surface area contributed by atoms with Crippen molar-refractivity contribution in [1.29, 1.82) is 0 Å². The summed E-state index contributed by atoms with van der Waals surface area (Å²) in [7, 11) is 0. The minimum atomic E-state index is -0.674. The first kappa shape index (κ1) is 12.2. The minimum Gasteiger partial charge on any atom is -0.481 e. The van der Waals surface area contributed by atoms with Crippen LogP contribution in [0.1, 0.15) is 43.5 Å². The molecule has 1 aliphatic rings. The number of nitrogens with zero attached hydrogens (tertiary/aromatic N) is 1. The highest BCUT2D eigenvalue weighted by atomic mass is 16.4. The second-order valence-corrected chi connectivity index (χ2v) is 5.37. The van der Waals surface area contributed by atoms with Crippen molar-refractivity contribution < 1.29 is 9.90 Å². The molecule has 4 nitrogen and oxygen atoms in total. The first-order valence-electron chi connectivity index (χ1n) is 6.88. The highest BCUT2D eigenvalue weighted by Crippen LogP contribution is 2.37. The van der Waals surface area contributed by atoms with E-state index in [0.29, 0.717) is 6.42 Å². The van der Waals surface area contributed by atoms with Crippen molar-refractivity contribution in [3.8, 4) is 0 Å². The van der Waals surface area contributed by atoms with E-state index in [1.54, 1.807) is 0 Å². The number of rotatable bonds is 3. The lowest BCUT2D eigenvalue weighted by atomic mass is 10.0. The molecule has 0 bridgehead atoms. The molecule has 1 saturated carbocycles. The Kier molecular flexibility index (Phi) is 3.01. The molecule has 0 saturated heterocycles. The molecule has 19 heavy (non-hydrogen) atoms. The van der Waals surface area contributed by atoms with E-state index in [-0.39, 0.29) is 11.8 Å². The lowest BCUT2D eigenvalue weighted by Gasteiger charge is -2.04. The van der Waals surface area contributed by atoms with E-state index in [0.717, 1.165) is 36.1 Å². The molecule has 0 aliphatic heterocycles. The number of benzene rings is 1. The number of aromatic amines is 1. The van der Waals surface area contributed by atoms with E-state index in [1.807, 2.05) is 6.07 Å². The number of hydrogen-bond acceptors (Lipinski definition) is 2. The molecule has 4 heteroatoms. The molecule has 0 radical (unpaired) electrons. The number of H-pyrrole nitrogens is 1. The van der Waals surface area contributed by atoms with Gasteiger partial charge in [0.15, 0.2) is 0 Å². The predicted octanol–water partition coefficient (Wildman–Crippen LogP) is 3.09. The van der Waals surface area contributed by atoms with Gasteiger partial charge >= 0.3 is 5.97 Å². The summed E-state index contributed by atoms with van der Waals surface area (Å²) in [5.41, 5.74) is 3.33. The normalized spacial score (nSPS) is 23.0. The first-order chi connectivity index (χ1) is 9.17. The fourth-order valence-electron chi connectivity index (χ4n) is 2.94. The molecule has 3 rings (SSSR count). The average Bonchev–Trinajstić information content (AvgIpc) is 3.04. The molecular weight excluding hydrogens is 240 g/mol. The van der Waals surface area contributed by atoms with E-state index in [4.69, 9.17) is 5.11 Å². The lowest BCUT2D eigenvalue weighted by molar-refractivity contribution is -0.141. The van der Waals surface area contributed by atoms with Gasteiger partial charge in [-0.1, -0.05) is 13.0 Å². The Morgan fingerprint density at radius 1 is 1.47 bits per heavy atom. The van der Waals surface area contributed by atoms with E-state index in [9.17, 15) is 4.79 Å². The second kappa shape index (κ2) is 4.68. The molecule has 1 aliphatic carbocycles. The van der Waals surface area contributed by atoms with Crippen LogP contribution in [0.5, 0.6) is 0 Å². The maximum Gasteiger partial charge on any atom is 0.306 e. The Hall–Kier alpha value is -1.84. The molecule has 0 amide bonds. The highest BCUT2D eigenvalue weighted by molar-refractivity contribution is 5.76. The Morgan fingerprint density at radius 2 is 2.32 bits per heavy atom. The van der Waals surface area contributed by atoms with E-state index in [1.165, 1.54) is 5.56 Å². The number of carboxylic acid groups (broad SMARTS) is 1. The van der Waals surface area contributed by atoms with Crippen molar-refractivity contribution in [2.24, 2.45) is 5.92 Å². The quantitative estimate of drug-likeness (QED) is 0.889. The van der Waals surface area contributed by atoms with Crippen LogP contribution in [0.15, 0.2) is 18.2 Å². The largest absolute Gasteiger partial charge is 0.481 e. The maximum absolute atomic E-state index is 11.0. The summed E-state index contributed by atoms with van der Waals surface area (Å²) >= 11 is 0. The highest BCUT2D eigenvalue weighted by Gasteiger charge is 2.32. The second-order valence-electron chi connectivity index (χ2n) is 5.37. The zero-order chi connectivity index (χ0) is 13.4. The van der Waals surface area contributed by atoms with Gasteiger partial charge in [0, 0.05) is 5.92 Å². The number of fused-ring (bicyclic) bond motifs is 1. The number of aliphatic carboxylic acids is 1. The van der Waals surface area contributed by atoms with Crippen molar-refractivity contribution in [3.63, 3.8) is 0 Å². The number of carbonyl (C=O) groups is 1. The summed E-state index contributed by atoms with van der Waals surface area (Å²) in [5.74, 6) is 0.335. The van der Waals surface area contributed by atoms with Gasteiger partial charge in [0.1, 0.15) is 5.82 Å². The van der Waals surface area contributed by atoms with Gasteiger partial charge in [0.05, 0.1) is 17.0 Å². The summed E-state index contributed by atoms with van der Waals surface area (Å²) in [4.78, 5) is 19.0. The van der Waals surface area contributed by atoms with Crippen LogP contribution in [0.25, 0.3) is 11.0 Å². The lowest BCUT2D eigenvalue weighted by Crippen LogP contribution is -2.09. The molecule has 0 spiro atoms. The molecular formula is C15H18N2O2. The van der Waals surface area contributed by atoms with Gasteiger partial charge in [-0.15, -0.1) is 0 Å². The predicted molar refractivity (Wildman–Crippen MR) is 73.2 cm³/mol. The van der Waals surface area contributed by atoms with Crippen LogP contribution in [-0.4, -0.2) is 21.0 Å². The number of nitrogens with one attached hydrogen (secondary N) is 1. The first-order valence-corrected chi connectivity index (χ1v) is 6.88. The maximum atomic E-state index is 11.0. The van der Waals surface area contributed by atoms with Crippen molar-refractivity contribution in [2.45, 2.75) is 38.5 Å². The van der Waals surface area contributed by atoms with Crippen molar-refractivity contribution >= 4 is 17.0 Å². The summed E-state index contributed by atoms with van der Waals surface area (Å²) in [6.45, 7) is 2.13. The van der Waals surface area contributed by atoms with Gasteiger partial charge in [-0.05, 0) is 43.4 Å². The van der Waals surface area contributed by atoms with Crippen molar-refractivity contribution in [3.05, 3.63) is 29.6 Å². The van der Waals surface area contributed by atoms with E-state index < -0.39 is 5.97 Å². The van der Waals surface area contributed by atoms with Crippen LogP contribution in [0.2, 0.25) is 0 Å². The van der Waals surface area contributed by atoms with Crippen LogP contribution < -0.4 is 0 Å². The van der Waals surface area contributed by atoms with Gasteiger partial charge in [0.25, 0.3) is 0 Å². The topological polar surface area (TPSA) is 66.0 Å². The summed E-state index contributed by atoms with van der Waals surface area (Å²) in [6, 6.07) is 6.27. The van der Waals surface area contributed by atoms with Crippen molar-refractivity contribution in [2.75, 3.05) is 0 Å². The SMILES string of the molecule is CCc1ccc2nc(C3CCC(C(=O)O)C3)[nH]c2c1. The molecule has 1 fully saturated rings. The number of aromatic nitrogens is 2. The van der Waals surface area contributed by atoms with E-state index in [2.05, 4.69) is 29.0 Å². The third-order valence-electron chi connectivity index (χ3n) is 4.14. The number of carboxylic acids is 1. The standard InChI is InChI=1S/C15H18N2O2/c1-2-9-3-6-12-13(7-9)17-14(16-12)10-4-5-11(8-10)15(18)19/h3,6-7,10-11H,2,4-5,8H2,1H3,(H,16,17)(H,18,19). The number of hydrogen-bond donors (Lipinski definition) is 2. The number of aryl methyl sites for hydroxylation is 1. The Balaban J connectivity index is 1.88. The smallest absolute Gasteiger partial charge is 0.306 e. The molecule has 2 aromatic rings. The molecule has 1 aromatic heterocycles. The summed E-state index contributed by atoms with van der Waals surface area (Å²) in [6.07, 6.45) is 3.39. The van der Waals surface area contributed by atoms with Crippen LogP contribution in [0.4, 0.5) is 0 Å². The van der Waals surface area contributed by atoms with Crippen LogP contribution in [-0.2, 0) is 11.2 Å². The van der Waals surface area contributed by atoms with Gasteiger partial charge in [-0.2, -0.15) is 0 Å². The third-order valence-corrected chi connectivity index (χ3v) is 4.14. The van der Waals surface area contributed by atoms with Gasteiger partial charge < -0.3 is 10.1 Å². The molecule has 1 heterocycles. The summed E-state index contributed by atoms with van der Waals surface area (Å²) in [5, 5.41) is 9.06. The fraction of sp³-hybridized carbons (Fsp3) is 0.467. The zero-order valence-electron chi connectivity index (χ0n) is 11.0. The number of imidazole rings is 1. The molecule has 1 aromatic carbocycles. The molecule has 2 atom stereocenters. The monoisotopic (exact) mass is 258 g/mol. The van der Waals surface area contributed by atoms with E-state index >= 15 is 0 Å². The molecule has 100 valence electrons. The Morgan fingerprint density at radius 3 is 3.00 bits per heavy atom. The van der Waals surface area contributed by atoms with Crippen LogP contribution in [0.3, 0.4) is 0 Å². The fourth-order valence-corrected chi connectivity index (χ4v) is 2.94. The zero-order valence-corrected chi connectivity index (χ0v) is 11.0. The van der Waals surface area contributed by atoms with Crippen molar-refractivity contribution in [1.82, 2.24) is 9.97 Å². The van der Waals surface area contributed by atoms with Gasteiger partial charge in [-0.25, -0.2) is 4.98 Å². The molecule has 2 N–H and O–H groups in total. The van der Waals surface area contributed by atoms with Crippen LogP contribution in [0, 0.1) is 5.92 Å². The minimum absolute atomic E-state index is 0.204. The van der Waals surface area contributed by atoms with Gasteiger partial charge in [0.2, 0.25) is 0 Å². The third kappa shape index (κ3) is 2.23. The summed E-state index contributed by atoms with van der Waals surface area (Å²) < 4.78 is 0. The Labute approximate surface area is 111 Å². The Bertz CT molecular complexity index is 618. The van der Waals surface area contributed by atoms with Crippen LogP contribution >= 0.6 is 0 Å². The van der Waals surface area contributed by atoms with Gasteiger partial charge in [-0.3, -0.25) is 4.79 Å². The molecule has 2 unspecified atom stereocenters.